The molecule has 20 heavy (non-hydrogen) atoms. The van der Waals surface area contributed by atoms with E-state index in [1.807, 2.05) is 12.3 Å². The van der Waals surface area contributed by atoms with E-state index in [-0.39, 0.29) is 0 Å². The fraction of sp³-hybridized carbons (Fsp3) is 0.600. The molecule has 1 aliphatic carbocycles. The molecular weight excluding hydrogens is 250 g/mol. The molecule has 2 aliphatic rings. The third-order valence-corrected chi connectivity index (χ3v) is 4.72. The molecule has 106 valence electrons. The average Bonchev–Trinajstić information content (AvgIpc) is 2.92. The number of H-pyrrole nitrogens is 1. The van der Waals surface area contributed by atoms with Crippen molar-refractivity contribution >= 4 is 16.9 Å². The predicted octanol–water partition coefficient (Wildman–Crippen LogP) is 2.39. The number of fused-ring (bicyclic) bond motifs is 1. The molecule has 0 radical (unpaired) electrons. The number of nitrogens with one attached hydrogen (secondary N) is 2. The summed E-state index contributed by atoms with van der Waals surface area (Å²) in [5.74, 6) is 0.971. The largest absolute Gasteiger partial charge is 0.367 e. The van der Waals surface area contributed by atoms with E-state index >= 15 is 0 Å². The van der Waals surface area contributed by atoms with E-state index in [9.17, 15) is 0 Å². The topological polar surface area (TPSA) is 56.8 Å². The molecule has 2 N–H and O–H groups in total. The fourth-order valence-electron chi connectivity index (χ4n) is 3.47. The number of likely N-dealkylation sites (tertiary alicyclic amines) is 1. The van der Waals surface area contributed by atoms with Crippen molar-refractivity contribution in [1.29, 1.82) is 0 Å². The Bertz CT molecular complexity index is 581. The van der Waals surface area contributed by atoms with Crippen molar-refractivity contribution < 1.29 is 0 Å². The number of hydrogen-bond donors (Lipinski definition) is 2. The van der Waals surface area contributed by atoms with Crippen LogP contribution in [0.4, 0.5) is 5.82 Å². The highest BCUT2D eigenvalue weighted by Crippen LogP contribution is 2.31. The summed E-state index contributed by atoms with van der Waals surface area (Å²) in [6.45, 7) is 2.60. The van der Waals surface area contributed by atoms with Crippen LogP contribution >= 0.6 is 0 Å². The lowest BCUT2D eigenvalue weighted by molar-refractivity contribution is 0.0959. The van der Waals surface area contributed by atoms with Gasteiger partial charge in [-0.1, -0.05) is 6.42 Å². The first-order valence-corrected chi connectivity index (χ1v) is 7.69. The van der Waals surface area contributed by atoms with Crippen LogP contribution < -0.4 is 5.32 Å². The third-order valence-electron chi connectivity index (χ3n) is 4.72. The molecule has 5 nitrogen and oxygen atoms in total. The van der Waals surface area contributed by atoms with Gasteiger partial charge in [-0.2, -0.15) is 0 Å². The molecular formula is C15H21N5. The maximum Gasteiger partial charge on any atom is 0.142 e. The maximum atomic E-state index is 4.38. The molecule has 1 saturated heterocycles. The summed E-state index contributed by atoms with van der Waals surface area (Å²) in [6.07, 6.45) is 10.2. The van der Waals surface area contributed by atoms with Crippen molar-refractivity contribution in [3.63, 3.8) is 0 Å². The van der Waals surface area contributed by atoms with Crippen molar-refractivity contribution in [2.75, 3.05) is 18.4 Å². The first-order chi connectivity index (χ1) is 9.90. The van der Waals surface area contributed by atoms with Gasteiger partial charge in [0.2, 0.25) is 0 Å². The molecule has 0 amide bonds. The summed E-state index contributed by atoms with van der Waals surface area (Å²) in [4.78, 5) is 14.4. The van der Waals surface area contributed by atoms with Gasteiger partial charge in [-0.15, -0.1) is 0 Å². The van der Waals surface area contributed by atoms with Crippen molar-refractivity contribution in [3.05, 3.63) is 18.6 Å². The van der Waals surface area contributed by atoms with E-state index in [2.05, 4.69) is 25.2 Å². The molecule has 0 aromatic carbocycles. The van der Waals surface area contributed by atoms with Gasteiger partial charge in [-0.3, -0.25) is 0 Å². The van der Waals surface area contributed by atoms with Crippen LogP contribution in [0.2, 0.25) is 0 Å². The standard InChI is InChI=1S/C15H21N5/c1-2-6-20(7-3-1)12-8-11(9-12)19-15-13-4-5-16-14(13)17-10-18-15/h4-5,10-12H,1-3,6-9H2,(H2,16,17,18,19). The Morgan fingerprint density at radius 1 is 1.15 bits per heavy atom. The van der Waals surface area contributed by atoms with Gasteiger partial charge < -0.3 is 15.2 Å². The minimum Gasteiger partial charge on any atom is -0.367 e. The Hall–Kier alpha value is -1.62. The SMILES string of the molecule is c1nc(NC2CC(N3CCCCC3)C2)c2cc[nH]c2n1. The third kappa shape index (κ3) is 2.16. The summed E-state index contributed by atoms with van der Waals surface area (Å²) >= 11 is 0. The van der Waals surface area contributed by atoms with Gasteiger partial charge in [-0.05, 0) is 44.8 Å². The number of hydrogen-bond acceptors (Lipinski definition) is 4. The second-order valence-electron chi connectivity index (χ2n) is 6.03. The van der Waals surface area contributed by atoms with E-state index in [1.54, 1.807) is 6.33 Å². The van der Waals surface area contributed by atoms with E-state index in [1.165, 1.54) is 45.2 Å². The van der Waals surface area contributed by atoms with Crippen LogP contribution in [0.25, 0.3) is 11.0 Å². The molecule has 3 heterocycles. The Morgan fingerprint density at radius 3 is 2.85 bits per heavy atom. The van der Waals surface area contributed by atoms with Gasteiger partial charge in [0.25, 0.3) is 0 Å². The minimum absolute atomic E-state index is 0.565. The van der Waals surface area contributed by atoms with E-state index in [4.69, 9.17) is 0 Å². The Balaban J connectivity index is 1.38. The smallest absolute Gasteiger partial charge is 0.142 e. The van der Waals surface area contributed by atoms with Crippen LogP contribution in [-0.2, 0) is 0 Å². The van der Waals surface area contributed by atoms with Gasteiger partial charge in [0.1, 0.15) is 17.8 Å². The Labute approximate surface area is 118 Å². The normalized spacial score (nSPS) is 27.4. The van der Waals surface area contributed by atoms with Crippen molar-refractivity contribution in [3.8, 4) is 0 Å². The van der Waals surface area contributed by atoms with Crippen molar-refractivity contribution in [2.45, 2.75) is 44.2 Å². The zero-order valence-corrected chi connectivity index (χ0v) is 11.7. The number of aromatic amines is 1. The van der Waals surface area contributed by atoms with Crippen LogP contribution in [0.1, 0.15) is 32.1 Å². The molecule has 0 spiro atoms. The highest BCUT2D eigenvalue weighted by molar-refractivity contribution is 5.86. The first-order valence-electron chi connectivity index (χ1n) is 7.69. The summed E-state index contributed by atoms with van der Waals surface area (Å²) in [6, 6.07) is 3.39. The highest BCUT2D eigenvalue weighted by atomic mass is 15.2. The molecule has 2 aromatic rings. The molecule has 2 fully saturated rings. The van der Waals surface area contributed by atoms with Gasteiger partial charge >= 0.3 is 0 Å². The lowest BCUT2D eigenvalue weighted by atomic mass is 9.84. The first kappa shape index (κ1) is 12.1. The maximum absolute atomic E-state index is 4.38. The molecule has 2 aromatic heterocycles. The second kappa shape index (κ2) is 5.05. The summed E-state index contributed by atoms with van der Waals surface area (Å²) in [5, 5.41) is 4.67. The molecule has 1 saturated carbocycles. The zero-order chi connectivity index (χ0) is 13.4. The number of piperidine rings is 1. The molecule has 0 atom stereocenters. The zero-order valence-electron chi connectivity index (χ0n) is 11.7. The summed E-state index contributed by atoms with van der Waals surface area (Å²) < 4.78 is 0. The van der Waals surface area contributed by atoms with Crippen LogP contribution in [-0.4, -0.2) is 45.0 Å². The number of aromatic nitrogens is 3. The second-order valence-corrected chi connectivity index (χ2v) is 6.03. The number of nitrogens with zero attached hydrogens (tertiary/aromatic N) is 3. The van der Waals surface area contributed by atoms with E-state index in [0.717, 1.165) is 22.9 Å². The molecule has 0 bridgehead atoms. The molecule has 1 aliphatic heterocycles. The number of rotatable bonds is 3. The lowest BCUT2D eigenvalue weighted by Gasteiger charge is -2.44. The van der Waals surface area contributed by atoms with Gasteiger partial charge in [0.05, 0.1) is 5.39 Å². The fourth-order valence-corrected chi connectivity index (χ4v) is 3.47. The van der Waals surface area contributed by atoms with Gasteiger partial charge in [0, 0.05) is 18.3 Å². The highest BCUT2D eigenvalue weighted by Gasteiger charge is 2.34. The van der Waals surface area contributed by atoms with Crippen molar-refractivity contribution in [1.82, 2.24) is 19.9 Å². The minimum atomic E-state index is 0.565. The van der Waals surface area contributed by atoms with Gasteiger partial charge in [0.15, 0.2) is 0 Å². The monoisotopic (exact) mass is 271 g/mol. The number of anilines is 1. The van der Waals surface area contributed by atoms with Crippen LogP contribution in [0.15, 0.2) is 18.6 Å². The summed E-state index contributed by atoms with van der Waals surface area (Å²) in [7, 11) is 0. The Kier molecular flexibility index (Phi) is 3.07. The molecule has 5 heteroatoms. The predicted molar refractivity (Wildman–Crippen MR) is 79.7 cm³/mol. The Morgan fingerprint density at radius 2 is 2.00 bits per heavy atom. The summed E-state index contributed by atoms with van der Waals surface area (Å²) in [5.41, 5.74) is 0.911. The van der Waals surface area contributed by atoms with E-state index in [0.29, 0.717) is 6.04 Å². The molecule has 0 unspecified atom stereocenters. The quantitative estimate of drug-likeness (QED) is 0.900. The average molecular weight is 271 g/mol. The van der Waals surface area contributed by atoms with Crippen molar-refractivity contribution in [2.24, 2.45) is 0 Å². The van der Waals surface area contributed by atoms with Crippen LogP contribution in [0, 0.1) is 0 Å². The van der Waals surface area contributed by atoms with Gasteiger partial charge in [-0.25, -0.2) is 9.97 Å². The van der Waals surface area contributed by atoms with Crippen LogP contribution in [0.5, 0.6) is 0 Å². The molecule has 4 rings (SSSR count). The lowest BCUT2D eigenvalue weighted by Crippen LogP contribution is -2.51. The van der Waals surface area contributed by atoms with E-state index < -0.39 is 0 Å². The van der Waals surface area contributed by atoms with Crippen LogP contribution in [0.3, 0.4) is 0 Å².